The molecule has 0 unspecified atom stereocenters. The second-order valence-corrected chi connectivity index (χ2v) is 3.47. The zero-order valence-corrected chi connectivity index (χ0v) is 9.94. The first-order chi connectivity index (χ1) is 8.19. The van der Waals surface area contributed by atoms with Crippen LogP contribution < -0.4 is 0 Å². The summed E-state index contributed by atoms with van der Waals surface area (Å²) in [6.07, 6.45) is 2.83. The van der Waals surface area contributed by atoms with Gasteiger partial charge in [0.05, 0.1) is 7.11 Å². The van der Waals surface area contributed by atoms with Crippen LogP contribution in [0.5, 0.6) is 0 Å². The maximum atomic E-state index is 11.1. The summed E-state index contributed by atoms with van der Waals surface area (Å²) in [7, 11) is 1.22. The lowest BCUT2D eigenvalue weighted by molar-refractivity contribution is -0.135. The molecule has 0 aliphatic carbocycles. The van der Waals surface area contributed by atoms with Crippen molar-refractivity contribution in [2.45, 2.75) is 0 Å². The lowest BCUT2D eigenvalue weighted by Gasteiger charge is -1.97. The van der Waals surface area contributed by atoms with Gasteiger partial charge in [0.1, 0.15) is 11.6 Å². The maximum Gasteiger partial charge on any atom is 0.348 e. The number of allylic oxidation sites excluding steroid dienone is 2. The summed E-state index contributed by atoms with van der Waals surface area (Å²) in [6.45, 7) is 0. The lowest BCUT2D eigenvalue weighted by atomic mass is 10.2. The van der Waals surface area contributed by atoms with Gasteiger partial charge in [-0.3, -0.25) is 0 Å². The van der Waals surface area contributed by atoms with Crippen LogP contribution in [0.25, 0.3) is 5.03 Å². The van der Waals surface area contributed by atoms with Crippen LogP contribution in [-0.4, -0.2) is 13.1 Å². The van der Waals surface area contributed by atoms with Crippen molar-refractivity contribution >= 4 is 22.6 Å². The molecule has 0 saturated carbocycles. The fraction of sp³-hybridized carbons (Fsp3) is 0.0769. The van der Waals surface area contributed by atoms with Gasteiger partial charge < -0.3 is 4.74 Å². The Labute approximate surface area is 105 Å². The number of esters is 1. The molecule has 1 aromatic carbocycles. The molecule has 0 bridgehead atoms. The molecule has 0 atom stereocenters. The average Bonchev–Trinajstić information content (AvgIpc) is 2.39. The molecule has 1 rings (SSSR count). The van der Waals surface area contributed by atoms with Gasteiger partial charge in [0, 0.05) is 5.03 Å². The van der Waals surface area contributed by atoms with Gasteiger partial charge in [-0.05, 0) is 17.7 Å². The number of hydrogen-bond acceptors (Lipinski definition) is 3. The van der Waals surface area contributed by atoms with Crippen LogP contribution in [0, 0.1) is 11.3 Å². The van der Waals surface area contributed by atoms with E-state index in [2.05, 4.69) is 4.74 Å². The smallest absolute Gasteiger partial charge is 0.348 e. The maximum absolute atomic E-state index is 11.1. The number of halogens is 1. The van der Waals surface area contributed by atoms with Gasteiger partial charge in [-0.1, -0.05) is 41.9 Å². The Morgan fingerprint density at radius 2 is 2.00 bits per heavy atom. The van der Waals surface area contributed by atoms with Gasteiger partial charge in [-0.25, -0.2) is 4.79 Å². The molecule has 0 spiro atoms. The summed E-state index contributed by atoms with van der Waals surface area (Å²) >= 11 is 6.01. The number of benzene rings is 1. The first-order valence-electron chi connectivity index (χ1n) is 4.80. The van der Waals surface area contributed by atoms with Crippen molar-refractivity contribution in [3.05, 3.63) is 53.6 Å². The normalized spacial score (nSPS) is 11.8. The third kappa shape index (κ3) is 3.78. The highest BCUT2D eigenvalue weighted by Gasteiger charge is 2.06. The van der Waals surface area contributed by atoms with Crippen LogP contribution in [-0.2, 0) is 9.53 Å². The topological polar surface area (TPSA) is 50.1 Å². The Balaban J connectivity index is 2.94. The van der Waals surface area contributed by atoms with E-state index in [-0.39, 0.29) is 5.57 Å². The number of methoxy groups -OCH3 is 1. The van der Waals surface area contributed by atoms with Crippen LogP contribution in [0.2, 0.25) is 0 Å². The van der Waals surface area contributed by atoms with E-state index in [1.807, 2.05) is 30.3 Å². The minimum Gasteiger partial charge on any atom is -0.465 e. The fourth-order valence-corrected chi connectivity index (χ4v) is 1.30. The van der Waals surface area contributed by atoms with E-state index in [1.54, 1.807) is 6.07 Å². The number of carbonyl (C=O) groups excluding carboxylic acids is 1. The molecular weight excluding hydrogens is 238 g/mol. The second-order valence-electron chi connectivity index (χ2n) is 3.06. The predicted octanol–water partition coefficient (Wildman–Crippen LogP) is 2.89. The molecule has 3 nitrogen and oxygen atoms in total. The first kappa shape index (κ1) is 13.0. The monoisotopic (exact) mass is 247 g/mol. The van der Waals surface area contributed by atoms with E-state index in [9.17, 15) is 4.79 Å². The van der Waals surface area contributed by atoms with Gasteiger partial charge in [0.15, 0.2) is 0 Å². The molecule has 4 heteroatoms. The predicted molar refractivity (Wildman–Crippen MR) is 66.0 cm³/mol. The van der Waals surface area contributed by atoms with Crippen molar-refractivity contribution in [2.24, 2.45) is 0 Å². The van der Waals surface area contributed by atoms with E-state index < -0.39 is 5.97 Å². The van der Waals surface area contributed by atoms with Crippen LogP contribution >= 0.6 is 11.6 Å². The third-order valence-corrected chi connectivity index (χ3v) is 2.32. The van der Waals surface area contributed by atoms with Crippen LogP contribution in [0.1, 0.15) is 5.56 Å². The summed E-state index contributed by atoms with van der Waals surface area (Å²) in [5.41, 5.74) is 0.717. The highest BCUT2D eigenvalue weighted by Crippen LogP contribution is 2.18. The summed E-state index contributed by atoms with van der Waals surface area (Å²) in [5.74, 6) is -0.679. The van der Waals surface area contributed by atoms with Crippen molar-refractivity contribution in [1.29, 1.82) is 5.26 Å². The number of rotatable bonds is 3. The average molecular weight is 248 g/mol. The van der Waals surface area contributed by atoms with Crippen LogP contribution in [0.4, 0.5) is 0 Å². The molecule has 0 N–H and O–H groups in total. The van der Waals surface area contributed by atoms with E-state index in [4.69, 9.17) is 16.9 Å². The summed E-state index contributed by atoms with van der Waals surface area (Å²) in [4.78, 5) is 11.1. The van der Waals surface area contributed by atoms with Gasteiger partial charge in [-0.15, -0.1) is 0 Å². The first-order valence-corrected chi connectivity index (χ1v) is 5.18. The Hall–Kier alpha value is -2.05. The van der Waals surface area contributed by atoms with E-state index >= 15 is 0 Å². The molecule has 17 heavy (non-hydrogen) atoms. The van der Waals surface area contributed by atoms with Crippen molar-refractivity contribution in [1.82, 2.24) is 0 Å². The van der Waals surface area contributed by atoms with E-state index in [1.165, 1.54) is 19.3 Å². The molecule has 0 aromatic heterocycles. The number of ether oxygens (including phenoxy) is 1. The molecule has 0 saturated heterocycles. The quantitative estimate of drug-likeness (QED) is 0.357. The number of hydrogen-bond donors (Lipinski definition) is 0. The van der Waals surface area contributed by atoms with Gasteiger partial charge >= 0.3 is 5.97 Å². The molecular formula is C13H10ClNO2. The van der Waals surface area contributed by atoms with E-state index in [0.717, 1.165) is 5.56 Å². The van der Waals surface area contributed by atoms with Crippen molar-refractivity contribution in [2.75, 3.05) is 7.11 Å². The van der Waals surface area contributed by atoms with Crippen LogP contribution in [0.3, 0.4) is 0 Å². The molecule has 0 heterocycles. The summed E-state index contributed by atoms with van der Waals surface area (Å²) in [5, 5.41) is 9.17. The molecule has 0 aliphatic rings. The van der Waals surface area contributed by atoms with Crippen molar-refractivity contribution in [3.63, 3.8) is 0 Å². The number of nitriles is 1. The number of carbonyl (C=O) groups is 1. The Morgan fingerprint density at radius 3 is 2.53 bits per heavy atom. The Bertz CT molecular complexity index is 498. The van der Waals surface area contributed by atoms with Crippen molar-refractivity contribution < 1.29 is 9.53 Å². The summed E-state index contributed by atoms with van der Waals surface area (Å²) in [6, 6.07) is 11.0. The Kier molecular flexibility index (Phi) is 4.99. The minimum absolute atomic E-state index is 0.0958. The largest absolute Gasteiger partial charge is 0.465 e. The van der Waals surface area contributed by atoms with Crippen molar-refractivity contribution in [3.8, 4) is 6.07 Å². The molecule has 1 aromatic rings. The molecule has 0 fully saturated rings. The highest BCUT2D eigenvalue weighted by molar-refractivity contribution is 6.48. The molecule has 86 valence electrons. The second kappa shape index (κ2) is 6.51. The van der Waals surface area contributed by atoms with Crippen LogP contribution in [0.15, 0.2) is 48.1 Å². The molecule has 0 radical (unpaired) electrons. The van der Waals surface area contributed by atoms with Gasteiger partial charge in [0.25, 0.3) is 0 Å². The summed E-state index contributed by atoms with van der Waals surface area (Å²) < 4.78 is 4.44. The number of nitrogens with zero attached hydrogens (tertiary/aromatic N) is 1. The molecule has 0 aliphatic heterocycles. The molecule has 0 amide bonds. The van der Waals surface area contributed by atoms with E-state index in [0.29, 0.717) is 5.03 Å². The fourth-order valence-electron chi connectivity index (χ4n) is 1.11. The van der Waals surface area contributed by atoms with Gasteiger partial charge in [0.2, 0.25) is 0 Å². The standard InChI is InChI=1S/C13H10ClNO2/c1-17-13(16)11(9-15)7-8-12(14)10-5-3-2-4-6-10/h2-8H,1H3/b11-7+,12-8-. The zero-order chi connectivity index (χ0) is 12.7. The highest BCUT2D eigenvalue weighted by atomic mass is 35.5. The zero-order valence-electron chi connectivity index (χ0n) is 9.18. The minimum atomic E-state index is -0.679. The third-order valence-electron chi connectivity index (χ3n) is 1.97. The SMILES string of the molecule is COC(=O)/C(C#N)=C/C=C(\Cl)c1ccccc1. The lowest BCUT2D eigenvalue weighted by Crippen LogP contribution is -2.02. The van der Waals surface area contributed by atoms with Gasteiger partial charge in [-0.2, -0.15) is 5.26 Å². The Morgan fingerprint density at radius 1 is 1.35 bits per heavy atom.